The molecule has 3 aromatic carbocycles. The molecule has 0 aliphatic carbocycles. The van der Waals surface area contributed by atoms with Crippen LogP contribution in [0.5, 0.6) is 0 Å². The maximum atomic E-state index is 13.5. The van der Waals surface area contributed by atoms with Crippen molar-refractivity contribution in [2.45, 2.75) is 19.8 Å². The number of ketones is 1. The molecule has 0 bridgehead atoms. The molecule has 2 heterocycles. The molecule has 1 aliphatic rings. The minimum Gasteiger partial charge on any atom is -0.309 e. The van der Waals surface area contributed by atoms with Crippen molar-refractivity contribution < 1.29 is 4.79 Å². The number of carbonyl (C=O) groups is 1. The number of rotatable bonds is 3. The topological polar surface area (TPSA) is 22.0 Å². The summed E-state index contributed by atoms with van der Waals surface area (Å²) in [5, 5.41) is 0. The van der Waals surface area contributed by atoms with Crippen molar-refractivity contribution in [1.29, 1.82) is 0 Å². The van der Waals surface area contributed by atoms with Gasteiger partial charge in [0, 0.05) is 28.4 Å². The quantitative estimate of drug-likeness (QED) is 0.400. The molecule has 136 valence electrons. The van der Waals surface area contributed by atoms with Gasteiger partial charge >= 0.3 is 0 Å². The van der Waals surface area contributed by atoms with Crippen LogP contribution in [0.2, 0.25) is 0 Å². The molecule has 1 unspecified atom stereocenters. The van der Waals surface area contributed by atoms with Gasteiger partial charge in [0.2, 0.25) is 5.78 Å². The first kappa shape index (κ1) is 16.8. The van der Waals surface area contributed by atoms with E-state index in [9.17, 15) is 4.79 Å². The predicted molar refractivity (Wildman–Crippen MR) is 113 cm³/mol. The van der Waals surface area contributed by atoms with Gasteiger partial charge in [-0.25, -0.2) is 0 Å². The fraction of sp³-hybridized carbons (Fsp3) is 0.115. The second-order valence-corrected chi connectivity index (χ2v) is 7.51. The molecule has 0 N–H and O–H groups in total. The Morgan fingerprint density at radius 3 is 2.29 bits per heavy atom. The minimum absolute atomic E-state index is 0.0623. The van der Waals surface area contributed by atoms with Gasteiger partial charge in [0.05, 0.1) is 5.69 Å². The molecule has 1 atom stereocenters. The summed E-state index contributed by atoms with van der Waals surface area (Å²) in [6.45, 7) is 4.26. The van der Waals surface area contributed by atoms with Crippen LogP contribution in [0.1, 0.15) is 45.7 Å². The highest BCUT2D eigenvalue weighted by atomic mass is 16.1. The first-order valence-corrected chi connectivity index (χ1v) is 9.67. The number of aryl methyl sites for hydroxylation is 1. The highest BCUT2D eigenvalue weighted by molar-refractivity contribution is 6.09. The predicted octanol–water partition coefficient (Wildman–Crippen LogP) is 6.15. The Kier molecular flexibility index (Phi) is 3.80. The van der Waals surface area contributed by atoms with Crippen LogP contribution in [-0.4, -0.2) is 10.4 Å². The average molecular weight is 363 g/mol. The average Bonchev–Trinajstić information content (AvgIpc) is 3.26. The summed E-state index contributed by atoms with van der Waals surface area (Å²) in [4.78, 5) is 13.5. The van der Waals surface area contributed by atoms with Gasteiger partial charge in [0.15, 0.2) is 0 Å². The van der Waals surface area contributed by atoms with Gasteiger partial charge in [-0.15, -0.1) is 0 Å². The second kappa shape index (κ2) is 6.35. The van der Waals surface area contributed by atoms with E-state index in [0.29, 0.717) is 0 Å². The van der Waals surface area contributed by atoms with Crippen LogP contribution >= 0.6 is 0 Å². The van der Waals surface area contributed by atoms with Crippen LogP contribution in [0.25, 0.3) is 16.8 Å². The van der Waals surface area contributed by atoms with Gasteiger partial charge in [0.25, 0.3) is 0 Å². The van der Waals surface area contributed by atoms with Crippen molar-refractivity contribution in [3.63, 3.8) is 0 Å². The van der Waals surface area contributed by atoms with Gasteiger partial charge in [0.1, 0.15) is 0 Å². The molecule has 0 saturated heterocycles. The molecular weight excluding hydrogens is 342 g/mol. The molecule has 0 radical (unpaired) electrons. The molecule has 0 saturated carbocycles. The Morgan fingerprint density at radius 1 is 0.857 bits per heavy atom. The molecule has 2 nitrogen and oxygen atoms in total. The van der Waals surface area contributed by atoms with E-state index in [0.717, 1.165) is 33.6 Å². The number of fused-ring (bicyclic) bond motifs is 3. The van der Waals surface area contributed by atoms with Gasteiger partial charge in [-0.05, 0) is 30.2 Å². The maximum Gasteiger partial charge on any atom is 0.209 e. The Bertz CT molecular complexity index is 1180. The van der Waals surface area contributed by atoms with Crippen LogP contribution in [-0.2, 0) is 0 Å². The Balaban J connectivity index is 1.76. The van der Waals surface area contributed by atoms with Crippen molar-refractivity contribution in [3.05, 3.63) is 113 Å². The Hall–Kier alpha value is -3.39. The third kappa shape index (κ3) is 2.45. The van der Waals surface area contributed by atoms with Crippen LogP contribution in [0, 0.1) is 6.92 Å². The largest absolute Gasteiger partial charge is 0.309 e. The van der Waals surface area contributed by atoms with Crippen molar-refractivity contribution >= 4 is 5.78 Å². The molecule has 4 aromatic rings. The molecule has 0 amide bonds. The van der Waals surface area contributed by atoms with Crippen molar-refractivity contribution in [1.82, 2.24) is 4.57 Å². The maximum absolute atomic E-state index is 13.5. The Morgan fingerprint density at radius 2 is 1.54 bits per heavy atom. The minimum atomic E-state index is 0.0623. The molecular formula is C26H21NO. The van der Waals surface area contributed by atoms with Gasteiger partial charge in [-0.3, -0.25) is 4.79 Å². The van der Waals surface area contributed by atoms with Crippen LogP contribution in [0.3, 0.4) is 0 Å². The molecule has 28 heavy (non-hydrogen) atoms. The fourth-order valence-electron chi connectivity index (χ4n) is 4.29. The first-order valence-electron chi connectivity index (χ1n) is 9.67. The number of nitrogens with zero attached hydrogens (tertiary/aromatic N) is 1. The summed E-state index contributed by atoms with van der Waals surface area (Å²) in [5.41, 5.74) is 8.48. The number of hydrogen-bond donors (Lipinski definition) is 0. The lowest BCUT2D eigenvalue weighted by atomic mass is 9.94. The molecule has 2 heteroatoms. The van der Waals surface area contributed by atoms with E-state index in [1.807, 2.05) is 55.5 Å². The first-order chi connectivity index (χ1) is 13.6. The number of aromatic nitrogens is 1. The van der Waals surface area contributed by atoms with E-state index in [4.69, 9.17) is 0 Å². The zero-order chi connectivity index (χ0) is 19.3. The zero-order valence-corrected chi connectivity index (χ0v) is 16.0. The third-order valence-corrected chi connectivity index (χ3v) is 5.72. The summed E-state index contributed by atoms with van der Waals surface area (Å²) in [6, 6.07) is 28.7. The van der Waals surface area contributed by atoms with E-state index in [1.165, 1.54) is 11.3 Å². The molecule has 0 fully saturated rings. The van der Waals surface area contributed by atoms with E-state index < -0.39 is 0 Å². The summed E-state index contributed by atoms with van der Waals surface area (Å²) in [5.74, 6) is 0.304. The zero-order valence-electron chi connectivity index (χ0n) is 16.0. The Labute approximate surface area is 165 Å². The molecule has 5 rings (SSSR count). The molecule has 1 aliphatic heterocycles. The lowest BCUT2D eigenvalue weighted by molar-refractivity contribution is 0.103. The summed E-state index contributed by atoms with van der Waals surface area (Å²) >= 11 is 0. The third-order valence-electron chi connectivity index (χ3n) is 5.72. The van der Waals surface area contributed by atoms with Crippen molar-refractivity contribution in [2.24, 2.45) is 0 Å². The van der Waals surface area contributed by atoms with Crippen LogP contribution in [0.15, 0.2) is 84.9 Å². The van der Waals surface area contributed by atoms with Crippen molar-refractivity contribution in [2.75, 3.05) is 0 Å². The van der Waals surface area contributed by atoms with E-state index >= 15 is 0 Å². The molecule has 0 spiro atoms. The summed E-state index contributed by atoms with van der Waals surface area (Å²) in [7, 11) is 0. The number of hydrogen-bond acceptors (Lipinski definition) is 1. The smallest absolute Gasteiger partial charge is 0.209 e. The monoisotopic (exact) mass is 363 g/mol. The van der Waals surface area contributed by atoms with Gasteiger partial charge < -0.3 is 4.57 Å². The van der Waals surface area contributed by atoms with Gasteiger partial charge in [-0.1, -0.05) is 85.3 Å². The molecule has 1 aromatic heterocycles. The highest BCUT2D eigenvalue weighted by Crippen LogP contribution is 2.45. The van der Waals surface area contributed by atoms with Crippen LogP contribution in [0.4, 0.5) is 0 Å². The number of para-hydroxylation sites is 1. The lowest BCUT2D eigenvalue weighted by Crippen LogP contribution is -2.08. The van der Waals surface area contributed by atoms with Crippen LogP contribution < -0.4 is 0 Å². The highest BCUT2D eigenvalue weighted by Gasteiger charge is 2.33. The van der Waals surface area contributed by atoms with Crippen molar-refractivity contribution in [3.8, 4) is 16.8 Å². The fourth-order valence-corrected chi connectivity index (χ4v) is 4.29. The standard InChI is InChI=1S/C26H21NO/c1-17-12-14-20(15-13-17)26(28)24-16-22(19-8-4-3-5-9-19)25-18(2)21-10-6-7-11-23(21)27(24)25/h3-16,18H,1-2H3. The van der Waals surface area contributed by atoms with E-state index in [1.54, 1.807) is 0 Å². The number of carbonyl (C=O) groups excluding carboxylic acids is 1. The van der Waals surface area contributed by atoms with Gasteiger partial charge in [-0.2, -0.15) is 0 Å². The number of benzene rings is 3. The summed E-state index contributed by atoms with van der Waals surface area (Å²) in [6.07, 6.45) is 0. The second-order valence-electron chi connectivity index (χ2n) is 7.51. The van der Waals surface area contributed by atoms with E-state index in [2.05, 4.69) is 47.9 Å². The summed E-state index contributed by atoms with van der Waals surface area (Å²) < 4.78 is 2.17. The lowest BCUT2D eigenvalue weighted by Gasteiger charge is -2.08. The normalized spacial score (nSPS) is 14.6. The van der Waals surface area contributed by atoms with E-state index in [-0.39, 0.29) is 11.7 Å². The SMILES string of the molecule is Cc1ccc(C(=O)c2cc(-c3ccccc3)c3n2-c2ccccc2C3C)cc1.